The molecule has 160 valence electrons. The summed E-state index contributed by atoms with van der Waals surface area (Å²) in [7, 11) is 0. The summed E-state index contributed by atoms with van der Waals surface area (Å²) in [6, 6.07) is 8.77. The lowest BCUT2D eigenvalue weighted by molar-refractivity contribution is -0.132. The average Bonchev–Trinajstić information content (AvgIpc) is 2.99. The van der Waals surface area contributed by atoms with Crippen molar-refractivity contribution in [3.05, 3.63) is 35.4 Å². The first-order valence-corrected chi connectivity index (χ1v) is 11.7. The van der Waals surface area contributed by atoms with Crippen LogP contribution < -0.4 is 0 Å². The zero-order valence-electron chi connectivity index (χ0n) is 18.5. The molecule has 0 bridgehead atoms. The van der Waals surface area contributed by atoms with Crippen LogP contribution in [0.15, 0.2) is 24.3 Å². The van der Waals surface area contributed by atoms with Gasteiger partial charge in [-0.1, -0.05) is 52.0 Å². The Morgan fingerprint density at radius 1 is 1.07 bits per heavy atom. The number of amides is 2. The highest BCUT2D eigenvalue weighted by atomic mass is 32.2. The smallest absolute Gasteiger partial charge is 0.236 e. The van der Waals surface area contributed by atoms with Gasteiger partial charge in [0.25, 0.3) is 0 Å². The minimum absolute atomic E-state index is 0.00122. The zero-order valence-corrected chi connectivity index (χ0v) is 19.3. The van der Waals surface area contributed by atoms with Crippen LogP contribution in [0.25, 0.3) is 0 Å². The topological polar surface area (TPSA) is 43.9 Å². The molecule has 29 heavy (non-hydrogen) atoms. The van der Waals surface area contributed by atoms with Crippen LogP contribution in [0.2, 0.25) is 0 Å². The van der Waals surface area contributed by atoms with Crippen LogP contribution in [0.5, 0.6) is 0 Å². The molecule has 2 fully saturated rings. The second-order valence-electron chi connectivity index (χ2n) is 9.11. The molecule has 2 aliphatic rings. The Morgan fingerprint density at radius 3 is 2.24 bits per heavy atom. The number of thioether (sulfide) groups is 1. The minimum Gasteiger partial charge on any atom is -0.340 e. The summed E-state index contributed by atoms with van der Waals surface area (Å²) >= 11 is 1.75. The first-order chi connectivity index (χ1) is 13.7. The number of rotatable bonds is 5. The fourth-order valence-electron chi connectivity index (χ4n) is 4.00. The Bertz CT molecular complexity index is 721. The van der Waals surface area contributed by atoms with Crippen molar-refractivity contribution in [2.45, 2.75) is 57.1 Å². The van der Waals surface area contributed by atoms with E-state index in [1.807, 2.05) is 23.6 Å². The molecule has 2 saturated heterocycles. The van der Waals surface area contributed by atoms with E-state index in [-0.39, 0.29) is 27.9 Å². The van der Waals surface area contributed by atoms with Gasteiger partial charge in [-0.3, -0.25) is 14.5 Å². The van der Waals surface area contributed by atoms with Crippen molar-refractivity contribution in [3.63, 3.8) is 0 Å². The third-order valence-corrected chi connectivity index (χ3v) is 7.39. The number of hydrogen-bond donors (Lipinski definition) is 0. The Balaban J connectivity index is 1.61. The van der Waals surface area contributed by atoms with Crippen molar-refractivity contribution in [1.29, 1.82) is 0 Å². The van der Waals surface area contributed by atoms with Crippen LogP contribution in [-0.2, 0) is 15.0 Å². The summed E-state index contributed by atoms with van der Waals surface area (Å²) in [6.45, 7) is 15.6. The van der Waals surface area contributed by atoms with Crippen LogP contribution in [0.1, 0.15) is 57.5 Å². The maximum Gasteiger partial charge on any atom is 0.236 e. The van der Waals surface area contributed by atoms with Gasteiger partial charge < -0.3 is 9.80 Å². The van der Waals surface area contributed by atoms with E-state index in [4.69, 9.17) is 0 Å². The molecule has 5 nitrogen and oxygen atoms in total. The largest absolute Gasteiger partial charge is 0.340 e. The van der Waals surface area contributed by atoms with Gasteiger partial charge in [-0.15, -0.1) is 11.8 Å². The molecule has 0 N–H and O–H groups in total. The van der Waals surface area contributed by atoms with Crippen LogP contribution in [0.4, 0.5) is 0 Å². The van der Waals surface area contributed by atoms with Gasteiger partial charge in [-0.2, -0.15) is 0 Å². The van der Waals surface area contributed by atoms with E-state index in [1.54, 1.807) is 11.8 Å². The minimum atomic E-state index is 0.00122. The average molecular weight is 418 g/mol. The summed E-state index contributed by atoms with van der Waals surface area (Å²) in [6.07, 6.45) is 0.576. The number of carbonyl (C=O) groups is 2. The number of carbonyl (C=O) groups excluding carboxylic acids is 2. The van der Waals surface area contributed by atoms with Gasteiger partial charge in [0.1, 0.15) is 5.37 Å². The lowest BCUT2D eigenvalue weighted by Crippen LogP contribution is -2.50. The summed E-state index contributed by atoms with van der Waals surface area (Å²) in [5.41, 5.74) is 2.65. The highest BCUT2D eigenvalue weighted by Gasteiger charge is 2.38. The van der Waals surface area contributed by atoms with Crippen molar-refractivity contribution in [2.75, 3.05) is 39.3 Å². The predicted molar refractivity (Wildman–Crippen MR) is 120 cm³/mol. The van der Waals surface area contributed by atoms with Gasteiger partial charge in [0, 0.05) is 45.7 Å². The SMILES string of the molecule is CCC(=O)N1CCN(CCN2C(=O)C(C)SC2c2ccc(C(C)(C)C)cc2)CC1. The van der Waals surface area contributed by atoms with Crippen LogP contribution in [0.3, 0.4) is 0 Å². The number of nitrogens with zero attached hydrogens (tertiary/aromatic N) is 3. The fraction of sp³-hybridized carbons (Fsp3) is 0.652. The predicted octanol–water partition coefficient (Wildman–Crippen LogP) is 3.50. The van der Waals surface area contributed by atoms with Gasteiger partial charge in [0.2, 0.25) is 11.8 Å². The molecular weight excluding hydrogens is 382 g/mol. The molecule has 2 heterocycles. The molecule has 2 atom stereocenters. The van der Waals surface area contributed by atoms with Crippen molar-refractivity contribution < 1.29 is 9.59 Å². The van der Waals surface area contributed by atoms with E-state index < -0.39 is 0 Å². The number of piperazine rings is 1. The first kappa shape index (κ1) is 22.2. The quantitative estimate of drug-likeness (QED) is 0.736. The maximum atomic E-state index is 12.8. The molecule has 3 rings (SSSR count). The molecule has 0 saturated carbocycles. The Kier molecular flexibility index (Phi) is 6.94. The van der Waals surface area contributed by atoms with E-state index in [1.165, 1.54) is 11.1 Å². The third kappa shape index (κ3) is 5.15. The second-order valence-corrected chi connectivity index (χ2v) is 10.5. The summed E-state index contributed by atoms with van der Waals surface area (Å²) in [5, 5.41) is 0.0933. The van der Waals surface area contributed by atoms with Gasteiger partial charge in [-0.25, -0.2) is 0 Å². The highest BCUT2D eigenvalue weighted by molar-refractivity contribution is 8.01. The van der Waals surface area contributed by atoms with Gasteiger partial charge in [0.15, 0.2) is 0 Å². The molecule has 0 spiro atoms. The highest BCUT2D eigenvalue weighted by Crippen LogP contribution is 2.43. The Labute approximate surface area is 179 Å². The second kappa shape index (κ2) is 9.09. The van der Waals surface area contributed by atoms with Gasteiger partial charge in [-0.05, 0) is 23.5 Å². The number of hydrogen-bond acceptors (Lipinski definition) is 4. The maximum absolute atomic E-state index is 12.8. The van der Waals surface area contributed by atoms with Crippen molar-refractivity contribution in [3.8, 4) is 0 Å². The molecule has 2 unspecified atom stereocenters. The van der Waals surface area contributed by atoms with E-state index in [2.05, 4.69) is 49.9 Å². The lowest BCUT2D eigenvalue weighted by atomic mass is 9.86. The van der Waals surface area contributed by atoms with Crippen molar-refractivity contribution in [1.82, 2.24) is 14.7 Å². The molecule has 2 amide bonds. The molecule has 2 aliphatic heterocycles. The molecule has 6 heteroatoms. The van der Waals surface area contributed by atoms with E-state index in [0.29, 0.717) is 6.42 Å². The van der Waals surface area contributed by atoms with Gasteiger partial charge in [0.05, 0.1) is 5.25 Å². The molecule has 1 aromatic rings. The number of benzene rings is 1. The normalized spacial score (nSPS) is 23.7. The van der Waals surface area contributed by atoms with E-state index in [9.17, 15) is 9.59 Å². The zero-order chi connectivity index (χ0) is 21.2. The van der Waals surface area contributed by atoms with Crippen molar-refractivity contribution >= 4 is 23.6 Å². The standard InChI is InChI=1S/C23H35N3O2S/c1-6-20(27)25-14-11-24(12-15-25)13-16-26-21(28)17(2)29-22(26)18-7-9-19(10-8-18)23(3,4)5/h7-10,17,22H,6,11-16H2,1-5H3. The summed E-state index contributed by atoms with van der Waals surface area (Å²) < 4.78 is 0. The van der Waals surface area contributed by atoms with Gasteiger partial charge >= 0.3 is 0 Å². The first-order valence-electron chi connectivity index (χ1n) is 10.8. The van der Waals surface area contributed by atoms with Crippen LogP contribution in [-0.4, -0.2) is 71.0 Å². The fourth-order valence-corrected chi connectivity index (χ4v) is 5.31. The third-order valence-electron chi connectivity index (χ3n) is 5.99. The Hall–Kier alpha value is -1.53. The Morgan fingerprint density at radius 2 is 1.69 bits per heavy atom. The molecule has 1 aromatic carbocycles. The van der Waals surface area contributed by atoms with Crippen molar-refractivity contribution in [2.24, 2.45) is 0 Å². The molecule has 0 radical (unpaired) electrons. The summed E-state index contributed by atoms with van der Waals surface area (Å²) in [4.78, 5) is 31.0. The van der Waals surface area contributed by atoms with E-state index in [0.717, 1.165) is 39.3 Å². The van der Waals surface area contributed by atoms with Crippen LogP contribution in [0, 0.1) is 0 Å². The lowest BCUT2D eigenvalue weighted by Gasteiger charge is -2.36. The van der Waals surface area contributed by atoms with E-state index >= 15 is 0 Å². The molecular formula is C23H35N3O2S. The molecule has 0 aliphatic carbocycles. The monoisotopic (exact) mass is 417 g/mol. The molecule has 0 aromatic heterocycles. The summed E-state index contributed by atoms with van der Waals surface area (Å²) in [5.74, 6) is 0.475. The van der Waals surface area contributed by atoms with Crippen LogP contribution >= 0.6 is 11.8 Å².